The first kappa shape index (κ1) is 15.6. The van der Waals surface area contributed by atoms with Crippen molar-refractivity contribution in [2.45, 2.75) is 13.8 Å². The number of aliphatic imine (C=N–C) groups is 1. The smallest absolute Gasteiger partial charge is 0.141 e. The number of hydrogen-bond acceptors (Lipinski definition) is 3. The van der Waals surface area contributed by atoms with E-state index in [-0.39, 0.29) is 11.5 Å². The summed E-state index contributed by atoms with van der Waals surface area (Å²) < 4.78 is 0. The van der Waals surface area contributed by atoms with Crippen molar-refractivity contribution in [1.29, 1.82) is 0 Å². The van der Waals surface area contributed by atoms with Crippen LogP contribution in [0.15, 0.2) is 65.7 Å². The molecule has 0 aliphatic heterocycles. The van der Waals surface area contributed by atoms with Crippen molar-refractivity contribution < 1.29 is 10.2 Å². The highest BCUT2D eigenvalue weighted by molar-refractivity contribution is 6.03. The van der Waals surface area contributed by atoms with E-state index in [1.165, 1.54) is 0 Å². The van der Waals surface area contributed by atoms with E-state index in [4.69, 9.17) is 0 Å². The number of hydrogen-bond donors (Lipinski definition) is 2. The van der Waals surface area contributed by atoms with Crippen LogP contribution in [-0.2, 0) is 0 Å². The molecule has 3 rings (SSSR count). The Balaban J connectivity index is 0.000000847. The number of phenolic OH excluding ortho intramolecular Hbond substituents is 2. The van der Waals surface area contributed by atoms with E-state index in [1.807, 2.05) is 44.2 Å². The molecule has 0 fully saturated rings. The zero-order chi connectivity index (χ0) is 15.9. The van der Waals surface area contributed by atoms with Crippen LogP contribution in [0.2, 0.25) is 0 Å². The third-order valence-electron chi connectivity index (χ3n) is 3.16. The zero-order valence-corrected chi connectivity index (χ0v) is 12.7. The Morgan fingerprint density at radius 2 is 1.45 bits per heavy atom. The number of rotatable bonds is 2. The maximum absolute atomic E-state index is 10.0. The van der Waals surface area contributed by atoms with E-state index in [9.17, 15) is 10.2 Å². The molecule has 0 aliphatic carbocycles. The summed E-state index contributed by atoms with van der Waals surface area (Å²) in [7, 11) is 0. The molecule has 22 heavy (non-hydrogen) atoms. The fraction of sp³-hybridized carbons (Fsp3) is 0.105. The number of phenols is 2. The van der Waals surface area contributed by atoms with Crippen LogP contribution in [0.5, 0.6) is 11.5 Å². The van der Waals surface area contributed by atoms with Crippen molar-refractivity contribution in [3.8, 4) is 11.5 Å². The Kier molecular flexibility index (Phi) is 5.15. The van der Waals surface area contributed by atoms with Crippen LogP contribution < -0.4 is 0 Å². The molecule has 0 bridgehead atoms. The largest absolute Gasteiger partial charge is 0.507 e. The number of para-hydroxylation sites is 2. The highest BCUT2D eigenvalue weighted by atomic mass is 16.3. The number of benzene rings is 3. The maximum atomic E-state index is 10.0. The molecular formula is C19H19NO2. The summed E-state index contributed by atoms with van der Waals surface area (Å²) in [6, 6.07) is 18.1. The normalized spacial score (nSPS) is 10.5. The van der Waals surface area contributed by atoms with Gasteiger partial charge in [-0.2, -0.15) is 0 Å². The van der Waals surface area contributed by atoms with Gasteiger partial charge in [-0.15, -0.1) is 0 Å². The minimum atomic E-state index is 0.114. The molecule has 3 heteroatoms. The van der Waals surface area contributed by atoms with Crippen LogP contribution in [0.3, 0.4) is 0 Å². The second-order valence-corrected chi connectivity index (χ2v) is 4.47. The molecular weight excluding hydrogens is 274 g/mol. The van der Waals surface area contributed by atoms with Gasteiger partial charge in [0.05, 0.1) is 0 Å². The Morgan fingerprint density at radius 1 is 0.773 bits per heavy atom. The van der Waals surface area contributed by atoms with Crippen molar-refractivity contribution in [2.24, 2.45) is 4.99 Å². The lowest BCUT2D eigenvalue weighted by Gasteiger charge is -2.04. The monoisotopic (exact) mass is 293 g/mol. The first-order valence-electron chi connectivity index (χ1n) is 7.28. The van der Waals surface area contributed by atoms with Gasteiger partial charge in [0, 0.05) is 11.8 Å². The SMILES string of the molecule is CC.Oc1ccccc1N=Cc1c(O)ccc2ccccc12. The van der Waals surface area contributed by atoms with E-state index < -0.39 is 0 Å². The number of nitrogens with zero attached hydrogens (tertiary/aromatic N) is 1. The average Bonchev–Trinajstić information content (AvgIpc) is 2.57. The molecule has 0 saturated carbocycles. The molecule has 0 heterocycles. The van der Waals surface area contributed by atoms with Gasteiger partial charge in [-0.25, -0.2) is 0 Å². The number of fused-ring (bicyclic) bond motifs is 1. The minimum Gasteiger partial charge on any atom is -0.507 e. The summed E-state index contributed by atoms with van der Waals surface area (Å²) in [6.45, 7) is 4.00. The summed E-state index contributed by atoms with van der Waals surface area (Å²) in [4.78, 5) is 4.25. The summed E-state index contributed by atoms with van der Waals surface area (Å²) in [5, 5.41) is 21.7. The molecule has 0 aliphatic rings. The molecule has 0 saturated heterocycles. The lowest BCUT2D eigenvalue weighted by Crippen LogP contribution is -1.85. The van der Waals surface area contributed by atoms with Crippen molar-refractivity contribution in [2.75, 3.05) is 0 Å². The quantitative estimate of drug-likeness (QED) is 0.651. The molecule has 2 N–H and O–H groups in total. The average molecular weight is 293 g/mol. The summed E-state index contributed by atoms with van der Waals surface area (Å²) >= 11 is 0. The molecule has 0 spiro atoms. The summed E-state index contributed by atoms with van der Waals surface area (Å²) in [6.07, 6.45) is 1.58. The molecule has 112 valence electrons. The second kappa shape index (κ2) is 7.27. The van der Waals surface area contributed by atoms with Gasteiger partial charge in [0.1, 0.15) is 17.2 Å². The van der Waals surface area contributed by atoms with Crippen LogP contribution in [-0.4, -0.2) is 16.4 Å². The van der Waals surface area contributed by atoms with Gasteiger partial charge in [-0.1, -0.05) is 56.3 Å². The predicted molar refractivity (Wildman–Crippen MR) is 92.3 cm³/mol. The van der Waals surface area contributed by atoms with Gasteiger partial charge in [-0.3, -0.25) is 4.99 Å². The van der Waals surface area contributed by atoms with Crippen LogP contribution in [0, 0.1) is 0 Å². The van der Waals surface area contributed by atoms with Gasteiger partial charge in [0.2, 0.25) is 0 Å². The first-order valence-corrected chi connectivity index (χ1v) is 7.28. The standard InChI is InChI=1S/C17H13NO2.C2H6/c19-16-10-9-12-5-1-2-6-13(12)14(16)11-18-15-7-3-4-8-17(15)20;1-2/h1-11,19-20H;1-2H3. The molecule has 0 atom stereocenters. The van der Waals surface area contributed by atoms with E-state index in [0.29, 0.717) is 11.3 Å². The third kappa shape index (κ3) is 3.26. The molecule has 0 amide bonds. The fourth-order valence-electron chi connectivity index (χ4n) is 2.13. The lowest BCUT2D eigenvalue weighted by molar-refractivity contribution is 0.474. The molecule has 0 unspecified atom stereocenters. The lowest BCUT2D eigenvalue weighted by atomic mass is 10.0. The Bertz CT molecular complexity index is 794. The molecule has 0 aromatic heterocycles. The van der Waals surface area contributed by atoms with Crippen LogP contribution in [0.4, 0.5) is 5.69 Å². The van der Waals surface area contributed by atoms with E-state index >= 15 is 0 Å². The van der Waals surface area contributed by atoms with Crippen LogP contribution in [0.1, 0.15) is 19.4 Å². The second-order valence-electron chi connectivity index (χ2n) is 4.47. The van der Waals surface area contributed by atoms with Crippen molar-refractivity contribution >= 4 is 22.7 Å². The Labute approximate surface area is 130 Å². The van der Waals surface area contributed by atoms with Crippen molar-refractivity contribution in [1.82, 2.24) is 0 Å². The molecule has 3 nitrogen and oxygen atoms in total. The minimum absolute atomic E-state index is 0.114. The third-order valence-corrected chi connectivity index (χ3v) is 3.16. The Hall–Kier alpha value is -2.81. The van der Waals surface area contributed by atoms with Crippen molar-refractivity contribution in [3.63, 3.8) is 0 Å². The summed E-state index contributed by atoms with van der Waals surface area (Å²) in [5.74, 6) is 0.284. The summed E-state index contributed by atoms with van der Waals surface area (Å²) in [5.41, 5.74) is 1.12. The Morgan fingerprint density at radius 3 is 2.23 bits per heavy atom. The molecule has 0 radical (unpaired) electrons. The van der Waals surface area contributed by atoms with Crippen LogP contribution in [0.25, 0.3) is 10.8 Å². The van der Waals surface area contributed by atoms with Crippen LogP contribution >= 0.6 is 0 Å². The van der Waals surface area contributed by atoms with Gasteiger partial charge < -0.3 is 10.2 Å². The maximum Gasteiger partial charge on any atom is 0.141 e. The van der Waals surface area contributed by atoms with E-state index in [2.05, 4.69) is 4.99 Å². The van der Waals surface area contributed by atoms with E-state index in [0.717, 1.165) is 10.8 Å². The van der Waals surface area contributed by atoms with E-state index in [1.54, 1.807) is 36.5 Å². The zero-order valence-electron chi connectivity index (χ0n) is 12.7. The highest BCUT2D eigenvalue weighted by Crippen LogP contribution is 2.28. The van der Waals surface area contributed by atoms with Gasteiger partial charge >= 0.3 is 0 Å². The van der Waals surface area contributed by atoms with Gasteiger partial charge in [0.25, 0.3) is 0 Å². The van der Waals surface area contributed by atoms with Gasteiger partial charge in [-0.05, 0) is 29.0 Å². The number of aromatic hydroxyl groups is 2. The predicted octanol–water partition coefficient (Wildman–Crippen LogP) is 5.03. The van der Waals surface area contributed by atoms with Gasteiger partial charge in [0.15, 0.2) is 0 Å². The molecule has 3 aromatic rings. The molecule has 3 aromatic carbocycles. The topological polar surface area (TPSA) is 52.8 Å². The highest BCUT2D eigenvalue weighted by Gasteiger charge is 2.04. The van der Waals surface area contributed by atoms with Crippen molar-refractivity contribution in [3.05, 3.63) is 66.2 Å². The fourth-order valence-corrected chi connectivity index (χ4v) is 2.13. The first-order chi connectivity index (χ1) is 10.8.